The van der Waals surface area contributed by atoms with Crippen molar-refractivity contribution < 1.29 is 0 Å². The van der Waals surface area contributed by atoms with Crippen LogP contribution in [0.3, 0.4) is 0 Å². The van der Waals surface area contributed by atoms with E-state index in [1.54, 1.807) is 18.0 Å². The molecule has 1 saturated heterocycles. The second-order valence-corrected chi connectivity index (χ2v) is 5.11. The number of aromatic nitrogens is 1. The van der Waals surface area contributed by atoms with E-state index in [0.29, 0.717) is 6.04 Å². The summed E-state index contributed by atoms with van der Waals surface area (Å²) in [5.41, 5.74) is 1.29. The molecule has 0 N–H and O–H groups in total. The summed E-state index contributed by atoms with van der Waals surface area (Å²) in [6.45, 7) is 1.17. The monoisotopic (exact) mass is 242 g/mol. The van der Waals surface area contributed by atoms with Crippen molar-refractivity contribution in [3.05, 3.63) is 23.0 Å². The van der Waals surface area contributed by atoms with Crippen LogP contribution in [0.5, 0.6) is 0 Å². The summed E-state index contributed by atoms with van der Waals surface area (Å²) in [5.74, 6) is 0. The molecule has 2 heterocycles. The lowest BCUT2D eigenvalue weighted by Crippen LogP contribution is -2.18. The fourth-order valence-corrected chi connectivity index (χ4v) is 3.26. The summed E-state index contributed by atoms with van der Waals surface area (Å²) in [7, 11) is 2.17. The van der Waals surface area contributed by atoms with Crippen LogP contribution in [0.4, 0.5) is 0 Å². The zero-order valence-corrected chi connectivity index (χ0v) is 10.6. The first-order valence-corrected chi connectivity index (χ1v) is 6.72. The van der Waals surface area contributed by atoms with Gasteiger partial charge in [-0.25, -0.2) is 0 Å². The summed E-state index contributed by atoms with van der Waals surface area (Å²) in [5, 5.41) is 0.778. The van der Waals surface area contributed by atoms with Gasteiger partial charge in [0.1, 0.15) is 0 Å². The molecule has 1 atom stereocenters. The Morgan fingerprint density at radius 1 is 1.53 bits per heavy atom. The summed E-state index contributed by atoms with van der Waals surface area (Å²) < 4.78 is 0. The Morgan fingerprint density at radius 2 is 2.33 bits per heavy atom. The van der Waals surface area contributed by atoms with Gasteiger partial charge in [0.15, 0.2) is 0 Å². The van der Waals surface area contributed by atoms with Crippen LogP contribution in [0, 0.1) is 0 Å². The van der Waals surface area contributed by atoms with E-state index in [1.807, 2.05) is 6.20 Å². The fraction of sp³-hybridized carbons (Fsp3) is 0.545. The number of thioether (sulfide) groups is 1. The van der Waals surface area contributed by atoms with Crippen molar-refractivity contribution in [2.24, 2.45) is 0 Å². The molecule has 1 aromatic heterocycles. The molecule has 0 amide bonds. The Hall–Kier alpha value is -0.250. The van der Waals surface area contributed by atoms with Crippen molar-refractivity contribution in [1.29, 1.82) is 0 Å². The summed E-state index contributed by atoms with van der Waals surface area (Å²) in [4.78, 5) is 7.77. The van der Waals surface area contributed by atoms with E-state index in [9.17, 15) is 0 Å². The van der Waals surface area contributed by atoms with E-state index >= 15 is 0 Å². The fourth-order valence-electron chi connectivity index (χ4n) is 2.19. The maximum absolute atomic E-state index is 6.15. The van der Waals surface area contributed by atoms with Crippen LogP contribution in [-0.4, -0.2) is 29.7 Å². The molecule has 1 aliphatic rings. The molecular formula is C11H15ClN2S. The number of rotatable bonds is 2. The largest absolute Gasteiger partial charge is 0.299 e. The van der Waals surface area contributed by atoms with Gasteiger partial charge in [-0.2, -0.15) is 0 Å². The molecule has 0 aliphatic carbocycles. The van der Waals surface area contributed by atoms with Crippen molar-refractivity contribution in [3.8, 4) is 0 Å². The smallest absolute Gasteiger partial charge is 0.0728 e. The first-order chi connectivity index (χ1) is 7.24. The number of hydrogen-bond acceptors (Lipinski definition) is 3. The molecule has 82 valence electrons. The molecule has 4 heteroatoms. The van der Waals surface area contributed by atoms with E-state index in [0.717, 1.165) is 5.02 Å². The molecule has 15 heavy (non-hydrogen) atoms. The van der Waals surface area contributed by atoms with Crippen LogP contribution >= 0.6 is 23.4 Å². The number of hydrogen-bond donors (Lipinski definition) is 0. The first-order valence-electron chi connectivity index (χ1n) is 5.11. The van der Waals surface area contributed by atoms with Gasteiger partial charge < -0.3 is 0 Å². The molecule has 0 unspecified atom stereocenters. The Morgan fingerprint density at radius 3 is 2.93 bits per heavy atom. The van der Waals surface area contributed by atoms with Gasteiger partial charge >= 0.3 is 0 Å². The molecule has 1 aliphatic heterocycles. The van der Waals surface area contributed by atoms with Gasteiger partial charge in [0.25, 0.3) is 0 Å². The van der Waals surface area contributed by atoms with Gasteiger partial charge in [0.05, 0.1) is 5.02 Å². The molecule has 0 radical (unpaired) electrons. The van der Waals surface area contributed by atoms with Crippen molar-refractivity contribution in [2.75, 3.05) is 19.8 Å². The van der Waals surface area contributed by atoms with E-state index in [2.05, 4.69) is 23.2 Å². The Labute approximate surface area is 100 Å². The van der Waals surface area contributed by atoms with Crippen molar-refractivity contribution in [1.82, 2.24) is 9.88 Å². The summed E-state index contributed by atoms with van der Waals surface area (Å²) in [6, 6.07) is 0.499. The maximum Gasteiger partial charge on any atom is 0.0728 e. The molecule has 1 fully saturated rings. The zero-order valence-electron chi connectivity index (χ0n) is 9.03. The quantitative estimate of drug-likeness (QED) is 0.741. The maximum atomic E-state index is 6.15. The number of pyridine rings is 1. The highest BCUT2D eigenvalue weighted by Crippen LogP contribution is 2.38. The highest BCUT2D eigenvalue weighted by atomic mass is 35.5. The lowest BCUT2D eigenvalue weighted by Gasteiger charge is -2.21. The van der Waals surface area contributed by atoms with E-state index in [1.165, 1.54) is 29.8 Å². The van der Waals surface area contributed by atoms with Crippen molar-refractivity contribution >= 4 is 23.4 Å². The first kappa shape index (κ1) is 11.2. The number of halogens is 1. The van der Waals surface area contributed by atoms with Crippen LogP contribution in [0.2, 0.25) is 5.02 Å². The Balaban J connectivity index is 2.38. The van der Waals surface area contributed by atoms with Gasteiger partial charge in [-0.1, -0.05) is 11.6 Å². The third-order valence-electron chi connectivity index (χ3n) is 2.96. The molecule has 2 rings (SSSR count). The number of nitrogens with zero attached hydrogens (tertiary/aromatic N) is 2. The minimum absolute atomic E-state index is 0.499. The average molecular weight is 243 g/mol. The van der Waals surface area contributed by atoms with Crippen LogP contribution in [0.1, 0.15) is 24.4 Å². The predicted octanol–water partition coefficient (Wildman–Crippen LogP) is 3.22. The van der Waals surface area contributed by atoms with E-state index in [4.69, 9.17) is 11.6 Å². The highest BCUT2D eigenvalue weighted by molar-refractivity contribution is 7.98. The SMILES string of the molecule is CSc1c(Cl)cncc1[C@@H]1CCCN1C. The standard InChI is InChI=1S/C11H15ClN2S/c1-14-5-3-4-10(14)8-6-13-7-9(12)11(8)15-2/h6-7,10H,3-5H2,1-2H3/t10-/m0/s1. The second-order valence-electron chi connectivity index (χ2n) is 3.88. The second kappa shape index (κ2) is 4.73. The molecule has 0 saturated carbocycles. The average Bonchev–Trinajstić information content (AvgIpc) is 2.64. The zero-order chi connectivity index (χ0) is 10.8. The third-order valence-corrected chi connectivity index (χ3v) is 4.23. The summed E-state index contributed by atoms with van der Waals surface area (Å²) >= 11 is 7.87. The van der Waals surface area contributed by atoms with Crippen LogP contribution in [-0.2, 0) is 0 Å². The molecule has 0 spiro atoms. The van der Waals surface area contributed by atoms with Gasteiger partial charge in [-0.3, -0.25) is 9.88 Å². The molecule has 1 aromatic rings. The minimum Gasteiger partial charge on any atom is -0.299 e. The van der Waals surface area contributed by atoms with Gasteiger partial charge in [-0.05, 0) is 32.7 Å². The molecule has 0 bridgehead atoms. The van der Waals surface area contributed by atoms with Gasteiger partial charge in [-0.15, -0.1) is 11.8 Å². The Bertz CT molecular complexity index is 356. The topological polar surface area (TPSA) is 16.1 Å². The lowest BCUT2D eigenvalue weighted by molar-refractivity contribution is 0.313. The van der Waals surface area contributed by atoms with E-state index < -0.39 is 0 Å². The minimum atomic E-state index is 0.499. The van der Waals surface area contributed by atoms with Gasteiger partial charge in [0.2, 0.25) is 0 Å². The Kier molecular flexibility index (Phi) is 3.54. The highest BCUT2D eigenvalue weighted by Gasteiger charge is 2.25. The lowest BCUT2D eigenvalue weighted by atomic mass is 10.1. The molecule has 0 aromatic carbocycles. The number of likely N-dealkylation sites (tertiary alicyclic amines) is 1. The molecular weight excluding hydrogens is 228 g/mol. The van der Waals surface area contributed by atoms with Crippen molar-refractivity contribution in [3.63, 3.8) is 0 Å². The van der Waals surface area contributed by atoms with Crippen LogP contribution in [0.25, 0.3) is 0 Å². The third kappa shape index (κ3) is 2.14. The molecule has 2 nitrogen and oxygen atoms in total. The predicted molar refractivity (Wildman–Crippen MR) is 65.6 cm³/mol. The summed E-state index contributed by atoms with van der Waals surface area (Å²) in [6.07, 6.45) is 8.24. The van der Waals surface area contributed by atoms with E-state index in [-0.39, 0.29) is 0 Å². The van der Waals surface area contributed by atoms with Gasteiger partial charge in [0, 0.05) is 28.9 Å². The van der Waals surface area contributed by atoms with Crippen LogP contribution in [0.15, 0.2) is 17.3 Å². The van der Waals surface area contributed by atoms with Crippen molar-refractivity contribution in [2.45, 2.75) is 23.8 Å². The normalized spacial score (nSPS) is 22.2. The van der Waals surface area contributed by atoms with Crippen LogP contribution < -0.4 is 0 Å².